The van der Waals surface area contributed by atoms with Crippen LogP contribution in [0.25, 0.3) is 22.2 Å². The van der Waals surface area contributed by atoms with Gasteiger partial charge >= 0.3 is 6.09 Å². The van der Waals surface area contributed by atoms with E-state index in [1.807, 2.05) is 7.05 Å². The van der Waals surface area contributed by atoms with Gasteiger partial charge in [-0.15, -0.1) is 0 Å². The molecule has 0 saturated carbocycles. The van der Waals surface area contributed by atoms with Crippen LogP contribution in [0.15, 0.2) is 24.7 Å². The van der Waals surface area contributed by atoms with E-state index in [-0.39, 0.29) is 12.4 Å². The summed E-state index contributed by atoms with van der Waals surface area (Å²) in [6.45, 7) is 2.42. The lowest BCUT2D eigenvalue weighted by molar-refractivity contribution is 0.160. The van der Waals surface area contributed by atoms with Crippen molar-refractivity contribution < 1.29 is 13.9 Å². The molecule has 0 saturated heterocycles. The lowest BCUT2D eigenvalue weighted by Gasteiger charge is -2.17. The van der Waals surface area contributed by atoms with Gasteiger partial charge in [-0.25, -0.2) is 19.2 Å². The molecule has 0 bridgehead atoms. The number of amides is 1. The van der Waals surface area contributed by atoms with Gasteiger partial charge in [-0.2, -0.15) is 0 Å². The Morgan fingerprint density at radius 3 is 2.92 bits per heavy atom. The highest BCUT2D eigenvalue weighted by atomic mass is 19.1. The van der Waals surface area contributed by atoms with Gasteiger partial charge in [-0.3, -0.25) is 4.90 Å². The number of aryl methyl sites for hydroxylation is 1. The summed E-state index contributed by atoms with van der Waals surface area (Å²) in [6.07, 6.45) is 3.15. The number of carbonyl (C=O) groups excluding carboxylic acids is 1. The summed E-state index contributed by atoms with van der Waals surface area (Å²) in [4.78, 5) is 21.8. The highest BCUT2D eigenvalue weighted by molar-refractivity contribution is 6.01. The second-order valence-corrected chi connectivity index (χ2v) is 6.14. The Balaban J connectivity index is 1.85. The number of benzene rings is 1. The number of hydrogen-bond acceptors (Lipinski definition) is 5. The van der Waals surface area contributed by atoms with Crippen LogP contribution in [0.5, 0.6) is 0 Å². The average molecular weight is 355 g/mol. The second-order valence-electron chi connectivity index (χ2n) is 6.14. The number of carbonyl (C=O) groups is 1. The van der Waals surface area contributed by atoms with Crippen LogP contribution >= 0.6 is 0 Å². The number of nitrogens with zero attached hydrogens (tertiary/aromatic N) is 4. The van der Waals surface area contributed by atoms with Crippen LogP contribution in [0.2, 0.25) is 0 Å². The van der Waals surface area contributed by atoms with Gasteiger partial charge in [0.05, 0.1) is 17.7 Å². The molecule has 7 nitrogen and oxygen atoms in total. The van der Waals surface area contributed by atoms with Gasteiger partial charge in [0, 0.05) is 36.5 Å². The second kappa shape index (κ2) is 5.98. The summed E-state index contributed by atoms with van der Waals surface area (Å²) in [5.41, 5.74) is 8.75. The zero-order valence-corrected chi connectivity index (χ0v) is 14.5. The van der Waals surface area contributed by atoms with Crippen molar-refractivity contribution in [2.75, 3.05) is 23.8 Å². The molecule has 1 aromatic carbocycles. The zero-order valence-electron chi connectivity index (χ0n) is 14.5. The number of halogens is 1. The number of anilines is 2. The quantitative estimate of drug-likeness (QED) is 0.764. The van der Waals surface area contributed by atoms with Crippen LogP contribution in [-0.4, -0.2) is 33.8 Å². The smallest absolute Gasteiger partial charge is 0.414 e. The molecule has 0 fully saturated rings. The fourth-order valence-electron chi connectivity index (χ4n) is 3.48. The maximum atomic E-state index is 15.3. The number of hydrogen-bond donors (Lipinski definition) is 1. The molecule has 3 aromatic rings. The van der Waals surface area contributed by atoms with Crippen LogP contribution in [0.1, 0.15) is 12.5 Å². The standard InChI is InChI=1S/C18H18FN5O2/c1-3-26-18(25)24-7-6-11-13(24)5-4-10(15(11)19)12-8-23(2)17-14(12)16(20)21-9-22-17/h4-5,8-9H,3,6-7H2,1-2H3,(H2,20,21,22). The van der Waals surface area contributed by atoms with E-state index in [9.17, 15) is 4.79 Å². The van der Waals surface area contributed by atoms with E-state index < -0.39 is 6.09 Å². The normalized spacial score (nSPS) is 13.3. The Labute approximate surface area is 149 Å². The van der Waals surface area contributed by atoms with Gasteiger partial charge in [0.1, 0.15) is 23.6 Å². The van der Waals surface area contributed by atoms with E-state index in [0.29, 0.717) is 52.2 Å². The molecule has 26 heavy (non-hydrogen) atoms. The van der Waals surface area contributed by atoms with E-state index in [0.717, 1.165) is 0 Å². The van der Waals surface area contributed by atoms with Gasteiger partial charge in [0.25, 0.3) is 0 Å². The number of rotatable bonds is 2. The van der Waals surface area contributed by atoms with Crippen LogP contribution in [0.4, 0.5) is 20.7 Å². The largest absolute Gasteiger partial charge is 0.449 e. The molecular formula is C18H18FN5O2. The molecular weight excluding hydrogens is 337 g/mol. The summed E-state index contributed by atoms with van der Waals surface area (Å²) in [5, 5.41) is 0.620. The van der Waals surface area contributed by atoms with E-state index in [2.05, 4.69) is 9.97 Å². The Morgan fingerprint density at radius 2 is 2.15 bits per heavy atom. The number of aromatic nitrogens is 3. The van der Waals surface area contributed by atoms with Crippen molar-refractivity contribution in [1.82, 2.24) is 14.5 Å². The van der Waals surface area contributed by atoms with E-state index in [4.69, 9.17) is 10.5 Å². The average Bonchev–Trinajstić information content (AvgIpc) is 3.19. The molecule has 0 atom stereocenters. The molecule has 0 radical (unpaired) electrons. The molecule has 8 heteroatoms. The molecule has 2 N–H and O–H groups in total. The van der Waals surface area contributed by atoms with Gasteiger partial charge in [-0.05, 0) is 25.5 Å². The third-order valence-electron chi connectivity index (χ3n) is 4.66. The molecule has 4 rings (SSSR count). The molecule has 0 spiro atoms. The minimum Gasteiger partial charge on any atom is -0.449 e. The van der Waals surface area contributed by atoms with Crippen molar-refractivity contribution in [3.8, 4) is 11.1 Å². The van der Waals surface area contributed by atoms with Crippen molar-refractivity contribution >= 4 is 28.6 Å². The number of nitrogens with two attached hydrogens (primary N) is 1. The lowest BCUT2D eigenvalue weighted by Crippen LogP contribution is -2.29. The molecule has 1 amide bonds. The number of fused-ring (bicyclic) bond motifs is 2. The fraction of sp³-hybridized carbons (Fsp3) is 0.278. The minimum absolute atomic E-state index is 0.278. The molecule has 0 aliphatic carbocycles. The van der Waals surface area contributed by atoms with Crippen LogP contribution in [0, 0.1) is 5.82 Å². The van der Waals surface area contributed by atoms with E-state index in [1.54, 1.807) is 29.8 Å². The summed E-state index contributed by atoms with van der Waals surface area (Å²) in [5.74, 6) is -0.0521. The monoisotopic (exact) mass is 355 g/mol. The van der Waals surface area contributed by atoms with Crippen LogP contribution in [0.3, 0.4) is 0 Å². The first-order chi connectivity index (χ1) is 12.5. The topological polar surface area (TPSA) is 86.3 Å². The molecule has 2 aromatic heterocycles. The van der Waals surface area contributed by atoms with Gasteiger partial charge < -0.3 is 15.0 Å². The first kappa shape index (κ1) is 16.3. The Morgan fingerprint density at radius 1 is 1.35 bits per heavy atom. The first-order valence-corrected chi connectivity index (χ1v) is 8.34. The SMILES string of the molecule is CCOC(=O)N1CCc2c1ccc(-c1cn(C)c3ncnc(N)c13)c2F. The first-order valence-electron chi connectivity index (χ1n) is 8.34. The summed E-state index contributed by atoms with van der Waals surface area (Å²) < 4.78 is 22.1. The van der Waals surface area contributed by atoms with Gasteiger partial charge in [-0.1, -0.05) is 0 Å². The maximum Gasteiger partial charge on any atom is 0.414 e. The Kier molecular flexibility index (Phi) is 3.75. The Hall–Kier alpha value is -3.16. The fourth-order valence-corrected chi connectivity index (χ4v) is 3.48. The minimum atomic E-state index is -0.457. The van der Waals surface area contributed by atoms with Crippen molar-refractivity contribution in [2.24, 2.45) is 7.05 Å². The van der Waals surface area contributed by atoms with Crippen LogP contribution in [-0.2, 0) is 18.2 Å². The molecule has 0 unspecified atom stereocenters. The van der Waals surface area contributed by atoms with Crippen molar-refractivity contribution in [1.29, 1.82) is 0 Å². The van der Waals surface area contributed by atoms with Crippen molar-refractivity contribution in [3.05, 3.63) is 36.0 Å². The van der Waals surface area contributed by atoms with Gasteiger partial charge in [0.15, 0.2) is 0 Å². The molecule has 1 aliphatic heterocycles. The molecule has 134 valence electrons. The highest BCUT2D eigenvalue weighted by Crippen LogP contribution is 2.39. The van der Waals surface area contributed by atoms with Crippen molar-refractivity contribution in [2.45, 2.75) is 13.3 Å². The zero-order chi connectivity index (χ0) is 18.4. The highest BCUT2D eigenvalue weighted by Gasteiger charge is 2.30. The number of nitrogen functional groups attached to an aromatic ring is 1. The third kappa shape index (κ3) is 2.29. The summed E-state index contributed by atoms with van der Waals surface area (Å²) in [7, 11) is 1.83. The molecule has 3 heterocycles. The van der Waals surface area contributed by atoms with Crippen LogP contribution < -0.4 is 10.6 Å². The number of ether oxygens (including phenoxy) is 1. The predicted molar refractivity (Wildman–Crippen MR) is 96.4 cm³/mol. The van der Waals surface area contributed by atoms with E-state index in [1.165, 1.54) is 11.2 Å². The van der Waals surface area contributed by atoms with E-state index >= 15 is 4.39 Å². The predicted octanol–water partition coefficient (Wildman–Crippen LogP) is 2.88. The maximum absolute atomic E-state index is 15.3. The lowest BCUT2D eigenvalue weighted by atomic mass is 10.0. The summed E-state index contributed by atoms with van der Waals surface area (Å²) >= 11 is 0. The Bertz CT molecular complexity index is 1030. The van der Waals surface area contributed by atoms with Crippen molar-refractivity contribution in [3.63, 3.8) is 0 Å². The third-order valence-corrected chi connectivity index (χ3v) is 4.66. The van der Waals surface area contributed by atoms with Gasteiger partial charge in [0.2, 0.25) is 0 Å². The molecule has 1 aliphatic rings. The summed E-state index contributed by atoms with van der Waals surface area (Å²) in [6, 6.07) is 3.41.